The first-order chi connectivity index (χ1) is 10.1. The minimum absolute atomic E-state index is 0.0457. The van der Waals surface area contributed by atoms with Crippen LogP contribution >= 0.6 is 0 Å². The normalized spacial score (nSPS) is 18.5. The molecule has 1 saturated heterocycles. The smallest absolute Gasteiger partial charge is 0.261 e. The van der Waals surface area contributed by atoms with Crippen molar-refractivity contribution in [3.05, 3.63) is 29.8 Å². The number of hydrogen-bond acceptors (Lipinski definition) is 5. The van der Waals surface area contributed by atoms with Crippen molar-refractivity contribution in [1.82, 2.24) is 15.0 Å². The molecule has 1 fully saturated rings. The van der Waals surface area contributed by atoms with Gasteiger partial charge in [0, 0.05) is 25.4 Å². The Morgan fingerprint density at radius 2 is 2.33 bits per heavy atom. The molecule has 3 rings (SSSR count). The molecule has 1 aliphatic heterocycles. The highest BCUT2D eigenvalue weighted by molar-refractivity contribution is 5.79. The predicted octanol–water partition coefficient (Wildman–Crippen LogP) is 1.92. The standard InChI is InChI=1S/C14H14FN3O3/c1-2-18-7-8(6-11(18)19)13-16-14(21-17-13)9-4-3-5-10(15)12(9)20/h3-5,8,20H,2,6-7H2,1H3. The van der Waals surface area contributed by atoms with Gasteiger partial charge in [0.1, 0.15) is 0 Å². The summed E-state index contributed by atoms with van der Waals surface area (Å²) in [6, 6.07) is 4.09. The molecule has 1 atom stereocenters. The van der Waals surface area contributed by atoms with Gasteiger partial charge in [0.25, 0.3) is 5.89 Å². The number of likely N-dealkylation sites (tertiary alicyclic amines) is 1. The molecule has 21 heavy (non-hydrogen) atoms. The molecule has 1 aromatic heterocycles. The molecule has 110 valence electrons. The summed E-state index contributed by atoms with van der Waals surface area (Å²) in [6.07, 6.45) is 0.335. The second-order valence-corrected chi connectivity index (χ2v) is 4.93. The number of halogens is 1. The third kappa shape index (κ3) is 2.35. The summed E-state index contributed by atoms with van der Waals surface area (Å²) >= 11 is 0. The SMILES string of the molecule is CCN1CC(c2noc(-c3cccc(F)c3O)n2)CC1=O. The Balaban J connectivity index is 1.87. The van der Waals surface area contributed by atoms with E-state index in [2.05, 4.69) is 10.1 Å². The lowest BCUT2D eigenvalue weighted by molar-refractivity contribution is -0.127. The molecule has 1 N–H and O–H groups in total. The summed E-state index contributed by atoms with van der Waals surface area (Å²) in [5.74, 6) is -0.902. The van der Waals surface area contributed by atoms with E-state index in [1.54, 1.807) is 4.90 Å². The molecule has 6 nitrogen and oxygen atoms in total. The van der Waals surface area contributed by atoms with Crippen molar-refractivity contribution >= 4 is 5.91 Å². The fraction of sp³-hybridized carbons (Fsp3) is 0.357. The minimum Gasteiger partial charge on any atom is -0.504 e. The van der Waals surface area contributed by atoms with Gasteiger partial charge in [0.05, 0.1) is 5.56 Å². The Labute approximate surface area is 120 Å². The van der Waals surface area contributed by atoms with Crippen molar-refractivity contribution in [2.45, 2.75) is 19.3 Å². The van der Waals surface area contributed by atoms with E-state index in [-0.39, 0.29) is 23.3 Å². The molecule has 1 aromatic carbocycles. The fourth-order valence-corrected chi connectivity index (χ4v) is 2.45. The molecule has 2 heterocycles. The Kier molecular flexibility index (Phi) is 3.32. The number of phenolic OH excluding ortho intramolecular Hbond substituents is 1. The van der Waals surface area contributed by atoms with Gasteiger partial charge in [-0.1, -0.05) is 11.2 Å². The van der Waals surface area contributed by atoms with Gasteiger partial charge in [-0.25, -0.2) is 4.39 Å². The maximum atomic E-state index is 13.3. The summed E-state index contributed by atoms with van der Waals surface area (Å²) < 4.78 is 18.4. The molecule has 2 aromatic rings. The quantitative estimate of drug-likeness (QED) is 0.934. The van der Waals surface area contributed by atoms with Crippen LogP contribution in [0.4, 0.5) is 4.39 Å². The molecule has 1 unspecified atom stereocenters. The predicted molar refractivity (Wildman–Crippen MR) is 71.0 cm³/mol. The van der Waals surface area contributed by atoms with E-state index in [1.807, 2.05) is 6.92 Å². The van der Waals surface area contributed by atoms with Crippen LogP contribution in [0.5, 0.6) is 5.75 Å². The first kappa shape index (κ1) is 13.5. The number of likely N-dealkylation sites (N-methyl/N-ethyl adjacent to an activating group) is 1. The first-order valence-corrected chi connectivity index (χ1v) is 6.69. The molecule has 0 aliphatic carbocycles. The highest BCUT2D eigenvalue weighted by Crippen LogP contribution is 2.32. The van der Waals surface area contributed by atoms with Crippen LogP contribution in [0.1, 0.15) is 25.1 Å². The number of carbonyl (C=O) groups is 1. The fourth-order valence-electron chi connectivity index (χ4n) is 2.45. The van der Waals surface area contributed by atoms with Crippen LogP contribution in [0, 0.1) is 5.82 Å². The molecule has 0 radical (unpaired) electrons. The topological polar surface area (TPSA) is 79.5 Å². The maximum Gasteiger partial charge on any atom is 0.261 e. The van der Waals surface area contributed by atoms with Crippen molar-refractivity contribution in [3.63, 3.8) is 0 Å². The van der Waals surface area contributed by atoms with Crippen molar-refractivity contribution < 1.29 is 18.8 Å². The lowest BCUT2D eigenvalue weighted by Crippen LogP contribution is -2.24. The third-order valence-electron chi connectivity index (χ3n) is 3.62. The van der Waals surface area contributed by atoms with Gasteiger partial charge in [0.2, 0.25) is 5.91 Å². The number of nitrogens with zero attached hydrogens (tertiary/aromatic N) is 3. The van der Waals surface area contributed by atoms with E-state index >= 15 is 0 Å². The zero-order valence-corrected chi connectivity index (χ0v) is 11.4. The van der Waals surface area contributed by atoms with Gasteiger partial charge in [-0.15, -0.1) is 0 Å². The molecule has 7 heteroatoms. The van der Waals surface area contributed by atoms with Gasteiger partial charge < -0.3 is 14.5 Å². The Bertz CT molecular complexity index is 686. The zero-order chi connectivity index (χ0) is 15.0. The molecular weight excluding hydrogens is 277 g/mol. The number of para-hydroxylation sites is 1. The lowest BCUT2D eigenvalue weighted by atomic mass is 10.1. The number of benzene rings is 1. The van der Waals surface area contributed by atoms with E-state index in [9.17, 15) is 14.3 Å². The van der Waals surface area contributed by atoms with Crippen molar-refractivity contribution in [2.24, 2.45) is 0 Å². The van der Waals surface area contributed by atoms with Crippen LogP contribution in [0.15, 0.2) is 22.7 Å². The number of rotatable bonds is 3. The van der Waals surface area contributed by atoms with Crippen LogP contribution in [0.25, 0.3) is 11.5 Å². The molecule has 1 aliphatic rings. The van der Waals surface area contributed by atoms with Crippen LogP contribution in [-0.4, -0.2) is 39.1 Å². The molecule has 1 amide bonds. The third-order valence-corrected chi connectivity index (χ3v) is 3.62. The largest absolute Gasteiger partial charge is 0.504 e. The van der Waals surface area contributed by atoms with Gasteiger partial charge in [-0.3, -0.25) is 4.79 Å². The number of carbonyl (C=O) groups excluding carboxylic acids is 1. The van der Waals surface area contributed by atoms with E-state index in [0.29, 0.717) is 25.3 Å². The number of phenols is 1. The Morgan fingerprint density at radius 3 is 3.05 bits per heavy atom. The van der Waals surface area contributed by atoms with E-state index in [0.717, 1.165) is 6.07 Å². The van der Waals surface area contributed by atoms with E-state index < -0.39 is 11.6 Å². The van der Waals surface area contributed by atoms with Crippen LogP contribution < -0.4 is 0 Å². The molecule has 0 saturated carbocycles. The number of aromatic hydroxyl groups is 1. The van der Waals surface area contributed by atoms with E-state index in [4.69, 9.17) is 4.52 Å². The van der Waals surface area contributed by atoms with Gasteiger partial charge in [-0.2, -0.15) is 4.98 Å². The number of aromatic nitrogens is 2. The average molecular weight is 291 g/mol. The minimum atomic E-state index is -0.750. The first-order valence-electron chi connectivity index (χ1n) is 6.69. The highest BCUT2D eigenvalue weighted by Gasteiger charge is 2.33. The molecule has 0 spiro atoms. The van der Waals surface area contributed by atoms with Crippen LogP contribution in [0.3, 0.4) is 0 Å². The summed E-state index contributed by atoms with van der Waals surface area (Å²) in [5, 5.41) is 13.5. The average Bonchev–Trinajstić information content (AvgIpc) is 3.08. The van der Waals surface area contributed by atoms with E-state index in [1.165, 1.54) is 12.1 Å². The van der Waals surface area contributed by atoms with Crippen LogP contribution in [0.2, 0.25) is 0 Å². The van der Waals surface area contributed by atoms with Crippen molar-refractivity contribution in [2.75, 3.05) is 13.1 Å². The number of amides is 1. The van der Waals surface area contributed by atoms with Crippen molar-refractivity contribution in [3.8, 4) is 17.2 Å². The second kappa shape index (κ2) is 5.16. The highest BCUT2D eigenvalue weighted by atomic mass is 19.1. The summed E-state index contributed by atoms with van der Waals surface area (Å²) in [7, 11) is 0. The maximum absolute atomic E-state index is 13.3. The zero-order valence-electron chi connectivity index (χ0n) is 11.4. The van der Waals surface area contributed by atoms with Crippen LogP contribution in [-0.2, 0) is 4.79 Å². The summed E-state index contributed by atoms with van der Waals surface area (Å²) in [6.45, 7) is 3.10. The van der Waals surface area contributed by atoms with Gasteiger partial charge in [0.15, 0.2) is 17.4 Å². The Morgan fingerprint density at radius 1 is 1.52 bits per heavy atom. The monoisotopic (exact) mass is 291 g/mol. The summed E-state index contributed by atoms with van der Waals surface area (Å²) in [4.78, 5) is 17.6. The second-order valence-electron chi connectivity index (χ2n) is 4.93. The lowest BCUT2D eigenvalue weighted by Gasteiger charge is -2.11. The van der Waals surface area contributed by atoms with Gasteiger partial charge >= 0.3 is 0 Å². The Hall–Kier alpha value is -2.44. The van der Waals surface area contributed by atoms with Crippen molar-refractivity contribution in [1.29, 1.82) is 0 Å². The number of hydrogen-bond donors (Lipinski definition) is 1. The molecular formula is C14H14FN3O3. The van der Waals surface area contributed by atoms with Gasteiger partial charge in [-0.05, 0) is 19.1 Å². The summed E-state index contributed by atoms with van der Waals surface area (Å²) in [5.41, 5.74) is 0.144. The molecule has 0 bridgehead atoms.